The standard InChI is InChI=1S/C19H32BClO3Si/c1-17(2,3)25(8,9)22-13-14-10-11-15(12-16(14)21)20-23-18(4,5)19(6,7)24-20/h10-12H,13H2,1-9H3. The van der Waals surface area contributed by atoms with Gasteiger partial charge in [-0.1, -0.05) is 44.5 Å². The maximum Gasteiger partial charge on any atom is 0.494 e. The Morgan fingerprint density at radius 1 is 1.08 bits per heavy atom. The molecule has 0 radical (unpaired) electrons. The quantitative estimate of drug-likeness (QED) is 0.673. The topological polar surface area (TPSA) is 27.7 Å². The zero-order valence-electron chi connectivity index (χ0n) is 17.1. The first-order chi connectivity index (χ1) is 11.2. The predicted molar refractivity (Wildman–Crippen MR) is 109 cm³/mol. The van der Waals surface area contributed by atoms with Gasteiger partial charge >= 0.3 is 7.12 Å². The van der Waals surface area contributed by atoms with Crippen molar-refractivity contribution in [2.75, 3.05) is 0 Å². The Morgan fingerprint density at radius 3 is 2.04 bits per heavy atom. The highest BCUT2D eigenvalue weighted by molar-refractivity contribution is 6.74. The van der Waals surface area contributed by atoms with Crippen molar-refractivity contribution in [2.24, 2.45) is 0 Å². The normalized spacial score (nSPS) is 20.2. The lowest BCUT2D eigenvalue weighted by Crippen LogP contribution is -2.41. The molecule has 1 aliphatic heterocycles. The summed E-state index contributed by atoms with van der Waals surface area (Å²) in [6.45, 7) is 20.0. The third kappa shape index (κ3) is 4.33. The van der Waals surface area contributed by atoms with Crippen LogP contribution in [0.15, 0.2) is 18.2 Å². The van der Waals surface area contributed by atoms with E-state index in [9.17, 15) is 0 Å². The SMILES string of the molecule is CC1(C)OB(c2ccc(CO[Si](C)(C)C(C)(C)C)c(Cl)c2)OC1(C)C. The van der Waals surface area contributed by atoms with E-state index in [1.54, 1.807) is 0 Å². The number of hydrogen-bond acceptors (Lipinski definition) is 3. The Kier molecular flexibility index (Phi) is 5.61. The van der Waals surface area contributed by atoms with Gasteiger partial charge < -0.3 is 13.7 Å². The molecule has 0 unspecified atom stereocenters. The summed E-state index contributed by atoms with van der Waals surface area (Å²) in [5.74, 6) is 0. The molecule has 0 spiro atoms. The number of halogens is 1. The monoisotopic (exact) mass is 382 g/mol. The second-order valence-electron chi connectivity index (χ2n) is 9.49. The molecule has 0 amide bonds. The molecule has 1 saturated heterocycles. The van der Waals surface area contributed by atoms with E-state index >= 15 is 0 Å². The third-order valence-electron chi connectivity index (χ3n) is 6.00. The fraction of sp³-hybridized carbons (Fsp3) is 0.684. The van der Waals surface area contributed by atoms with E-state index in [0.29, 0.717) is 11.6 Å². The molecule has 1 aromatic rings. The lowest BCUT2D eigenvalue weighted by Gasteiger charge is -2.36. The van der Waals surface area contributed by atoms with Gasteiger partial charge in [0.1, 0.15) is 0 Å². The van der Waals surface area contributed by atoms with Gasteiger partial charge in [0.2, 0.25) is 0 Å². The van der Waals surface area contributed by atoms with Crippen LogP contribution in [-0.2, 0) is 20.3 Å². The molecule has 0 atom stereocenters. The van der Waals surface area contributed by atoms with E-state index in [-0.39, 0.29) is 16.2 Å². The first-order valence-electron chi connectivity index (χ1n) is 8.94. The summed E-state index contributed by atoms with van der Waals surface area (Å²) in [7, 11) is -2.19. The van der Waals surface area contributed by atoms with Gasteiger partial charge in [0.05, 0.1) is 17.8 Å². The van der Waals surface area contributed by atoms with Crippen LogP contribution >= 0.6 is 11.6 Å². The van der Waals surface area contributed by atoms with Crippen molar-refractivity contribution in [1.29, 1.82) is 0 Å². The van der Waals surface area contributed by atoms with Crippen LogP contribution < -0.4 is 5.46 Å². The fourth-order valence-corrected chi connectivity index (χ4v) is 3.47. The van der Waals surface area contributed by atoms with Crippen molar-refractivity contribution < 1.29 is 13.7 Å². The molecule has 1 aliphatic rings. The van der Waals surface area contributed by atoms with E-state index in [4.69, 9.17) is 25.3 Å². The van der Waals surface area contributed by atoms with Crippen molar-refractivity contribution in [2.45, 2.75) is 84.4 Å². The molecule has 0 aliphatic carbocycles. The minimum absolute atomic E-state index is 0.183. The van der Waals surface area contributed by atoms with E-state index in [1.165, 1.54) is 0 Å². The average molecular weight is 383 g/mol. The molecule has 0 bridgehead atoms. The highest BCUT2D eigenvalue weighted by Crippen LogP contribution is 2.38. The lowest BCUT2D eigenvalue weighted by molar-refractivity contribution is 0.00578. The smallest absolute Gasteiger partial charge is 0.413 e. The molecule has 0 aromatic heterocycles. The molecule has 140 valence electrons. The zero-order valence-corrected chi connectivity index (χ0v) is 18.9. The van der Waals surface area contributed by atoms with Crippen molar-refractivity contribution in [3.63, 3.8) is 0 Å². The molecule has 1 fully saturated rings. The first kappa shape index (κ1) is 21.0. The molecular formula is C19H32BClO3Si. The van der Waals surface area contributed by atoms with Crippen LogP contribution in [-0.4, -0.2) is 26.6 Å². The highest BCUT2D eigenvalue weighted by Gasteiger charge is 2.51. The first-order valence-corrected chi connectivity index (χ1v) is 12.2. The summed E-state index contributed by atoms with van der Waals surface area (Å²) in [5.41, 5.74) is 1.24. The molecule has 3 nitrogen and oxygen atoms in total. The number of benzene rings is 1. The average Bonchev–Trinajstić information content (AvgIpc) is 2.65. The Balaban J connectivity index is 2.12. The van der Waals surface area contributed by atoms with Crippen LogP contribution in [0.2, 0.25) is 23.2 Å². The molecule has 6 heteroatoms. The van der Waals surface area contributed by atoms with Gasteiger partial charge in [-0.25, -0.2) is 0 Å². The molecule has 0 saturated carbocycles. The molecule has 0 N–H and O–H groups in total. The zero-order chi connectivity index (χ0) is 19.3. The maximum atomic E-state index is 6.52. The Labute approximate surface area is 159 Å². The van der Waals surface area contributed by atoms with Crippen molar-refractivity contribution in [3.05, 3.63) is 28.8 Å². The summed E-state index contributed by atoms with van der Waals surface area (Å²) in [6.07, 6.45) is 0. The Hall–Kier alpha value is -0.328. The van der Waals surface area contributed by atoms with Gasteiger partial charge in [-0.05, 0) is 62.9 Å². The second-order valence-corrected chi connectivity index (χ2v) is 14.7. The summed E-state index contributed by atoms with van der Waals surface area (Å²) in [6, 6.07) is 5.99. The summed E-state index contributed by atoms with van der Waals surface area (Å²) < 4.78 is 18.5. The van der Waals surface area contributed by atoms with E-state index in [1.807, 2.05) is 18.2 Å². The van der Waals surface area contributed by atoms with E-state index in [0.717, 1.165) is 11.0 Å². The summed E-state index contributed by atoms with van der Waals surface area (Å²) >= 11 is 6.52. The Bertz CT molecular complexity index is 622. The van der Waals surface area contributed by atoms with Gasteiger partial charge in [0.25, 0.3) is 0 Å². The maximum absolute atomic E-state index is 6.52. The molecule has 1 heterocycles. The van der Waals surface area contributed by atoms with Gasteiger partial charge in [-0.15, -0.1) is 0 Å². The molecule has 25 heavy (non-hydrogen) atoms. The molecule has 2 rings (SSSR count). The molecular weight excluding hydrogens is 351 g/mol. The van der Waals surface area contributed by atoms with Crippen LogP contribution in [0.3, 0.4) is 0 Å². The van der Waals surface area contributed by atoms with Gasteiger partial charge in [-0.3, -0.25) is 0 Å². The fourth-order valence-electron chi connectivity index (χ4n) is 2.28. The number of rotatable bonds is 4. The summed E-state index contributed by atoms with van der Waals surface area (Å²) in [4.78, 5) is 0. The minimum Gasteiger partial charge on any atom is -0.413 e. The van der Waals surface area contributed by atoms with Crippen molar-refractivity contribution >= 4 is 32.5 Å². The third-order valence-corrected chi connectivity index (χ3v) is 10.8. The summed E-state index contributed by atoms with van der Waals surface area (Å²) in [5, 5.41) is 0.883. The van der Waals surface area contributed by atoms with Crippen LogP contribution in [0.4, 0.5) is 0 Å². The largest absolute Gasteiger partial charge is 0.494 e. The van der Waals surface area contributed by atoms with Gasteiger partial charge in [-0.2, -0.15) is 0 Å². The van der Waals surface area contributed by atoms with Crippen molar-refractivity contribution in [1.82, 2.24) is 0 Å². The second kappa shape index (κ2) is 6.68. The molecule has 1 aromatic carbocycles. The van der Waals surface area contributed by atoms with Gasteiger partial charge in [0.15, 0.2) is 8.32 Å². The van der Waals surface area contributed by atoms with Gasteiger partial charge in [0, 0.05) is 5.02 Å². The highest BCUT2D eigenvalue weighted by atomic mass is 35.5. The van der Waals surface area contributed by atoms with Crippen LogP contribution in [0.5, 0.6) is 0 Å². The Morgan fingerprint density at radius 2 is 1.60 bits per heavy atom. The predicted octanol–water partition coefficient (Wildman–Crippen LogP) is 5.16. The lowest BCUT2D eigenvalue weighted by atomic mass is 9.79. The van der Waals surface area contributed by atoms with Crippen LogP contribution in [0, 0.1) is 0 Å². The van der Waals surface area contributed by atoms with Crippen LogP contribution in [0.1, 0.15) is 54.0 Å². The minimum atomic E-state index is -1.80. The number of hydrogen-bond donors (Lipinski definition) is 0. The van der Waals surface area contributed by atoms with Crippen molar-refractivity contribution in [3.8, 4) is 0 Å². The van der Waals surface area contributed by atoms with Crippen LogP contribution in [0.25, 0.3) is 0 Å². The van der Waals surface area contributed by atoms with E-state index in [2.05, 4.69) is 61.6 Å². The van der Waals surface area contributed by atoms with E-state index < -0.39 is 15.4 Å².